The summed E-state index contributed by atoms with van der Waals surface area (Å²) in [6.45, 7) is 3.56. The van der Waals surface area contributed by atoms with Crippen LogP contribution >= 0.6 is 11.8 Å². The molecule has 178 valence electrons. The summed E-state index contributed by atoms with van der Waals surface area (Å²) >= 11 is 1.63. The van der Waals surface area contributed by atoms with Crippen molar-refractivity contribution >= 4 is 39.6 Å². The fraction of sp³-hybridized carbons (Fsp3) is 0.200. The first-order valence-corrected chi connectivity index (χ1v) is 13.3. The third-order valence-electron chi connectivity index (χ3n) is 4.85. The Bertz CT molecular complexity index is 1240. The molecule has 3 aromatic carbocycles. The maximum absolute atomic E-state index is 13.5. The first kappa shape index (κ1) is 25.3. The molecule has 0 spiro atoms. The van der Waals surface area contributed by atoms with E-state index in [0.717, 1.165) is 20.3 Å². The number of carbonyl (C=O) groups excluding carboxylic acids is 1. The van der Waals surface area contributed by atoms with Gasteiger partial charge in [-0.3, -0.25) is 9.10 Å². The fourth-order valence-corrected chi connectivity index (χ4v) is 4.95. The Balaban J connectivity index is 1.87. The average molecular weight is 498 g/mol. The molecule has 3 aromatic rings. The second-order valence-corrected chi connectivity index (χ2v) is 10.0. The molecule has 9 heteroatoms. The van der Waals surface area contributed by atoms with Gasteiger partial charge in [-0.1, -0.05) is 42.0 Å². The number of thioether (sulfide) groups is 1. The van der Waals surface area contributed by atoms with Gasteiger partial charge in [0, 0.05) is 4.90 Å². The third kappa shape index (κ3) is 6.39. The molecular formula is C25H27N3O4S2. The number of benzene rings is 3. The average Bonchev–Trinajstić information content (AvgIpc) is 2.84. The first-order chi connectivity index (χ1) is 16.3. The Morgan fingerprint density at radius 2 is 1.74 bits per heavy atom. The smallest absolute Gasteiger partial charge is 0.264 e. The SMILES string of the molecule is CCOc1ccccc1N(CC(=O)N/N=C\c1ccc(SC)cc1)S(=O)(=O)c1ccc(C)cc1. The van der Waals surface area contributed by atoms with Crippen LogP contribution in [0, 0.1) is 6.92 Å². The van der Waals surface area contributed by atoms with Crippen LogP contribution in [0.2, 0.25) is 0 Å². The molecule has 0 saturated heterocycles. The van der Waals surface area contributed by atoms with Crippen molar-refractivity contribution in [3.05, 3.63) is 83.9 Å². The summed E-state index contributed by atoms with van der Waals surface area (Å²) in [5.74, 6) is -0.218. The van der Waals surface area contributed by atoms with Crippen LogP contribution in [0.1, 0.15) is 18.1 Å². The number of aryl methyl sites for hydroxylation is 1. The minimum atomic E-state index is -4.05. The van der Waals surface area contributed by atoms with Gasteiger partial charge in [0.2, 0.25) is 0 Å². The largest absolute Gasteiger partial charge is 0.492 e. The molecule has 1 N–H and O–H groups in total. The van der Waals surface area contributed by atoms with Crippen molar-refractivity contribution < 1.29 is 17.9 Å². The number of nitrogens with zero attached hydrogens (tertiary/aromatic N) is 2. The van der Waals surface area contributed by atoms with Gasteiger partial charge in [0.1, 0.15) is 12.3 Å². The number of hydrazone groups is 1. The number of nitrogens with one attached hydrogen (secondary N) is 1. The molecule has 0 unspecified atom stereocenters. The van der Waals surface area contributed by atoms with Crippen molar-refractivity contribution in [1.82, 2.24) is 5.43 Å². The minimum Gasteiger partial charge on any atom is -0.492 e. The molecule has 7 nitrogen and oxygen atoms in total. The van der Waals surface area contributed by atoms with E-state index < -0.39 is 22.5 Å². The standard InChI is InChI=1S/C25H27N3O4S2/c1-4-32-24-8-6-5-7-23(24)28(34(30,31)22-15-9-19(2)10-16-22)18-25(29)27-26-17-20-11-13-21(33-3)14-12-20/h5-17H,4,18H2,1-3H3,(H,27,29)/b26-17-. The Morgan fingerprint density at radius 1 is 1.06 bits per heavy atom. The Hall–Kier alpha value is -3.30. The maximum atomic E-state index is 13.5. The molecule has 3 rings (SSSR count). The zero-order valence-electron chi connectivity index (χ0n) is 19.3. The number of amides is 1. The van der Waals surface area contributed by atoms with E-state index in [4.69, 9.17) is 4.74 Å². The zero-order valence-corrected chi connectivity index (χ0v) is 20.9. The Morgan fingerprint density at radius 3 is 2.38 bits per heavy atom. The lowest BCUT2D eigenvalue weighted by molar-refractivity contribution is -0.119. The van der Waals surface area contributed by atoms with Crippen molar-refractivity contribution in [3.8, 4) is 5.75 Å². The molecule has 0 heterocycles. The van der Waals surface area contributed by atoms with Crippen LogP contribution in [0.15, 0.2) is 87.7 Å². The molecule has 0 fully saturated rings. The van der Waals surface area contributed by atoms with Crippen molar-refractivity contribution in [2.24, 2.45) is 5.10 Å². The van der Waals surface area contributed by atoms with Crippen molar-refractivity contribution in [3.63, 3.8) is 0 Å². The van der Waals surface area contributed by atoms with E-state index in [-0.39, 0.29) is 10.6 Å². The molecule has 34 heavy (non-hydrogen) atoms. The van der Waals surface area contributed by atoms with E-state index in [1.54, 1.807) is 48.2 Å². The zero-order chi connectivity index (χ0) is 24.6. The van der Waals surface area contributed by atoms with Crippen LogP contribution in [-0.2, 0) is 14.8 Å². The molecule has 0 aliphatic carbocycles. The van der Waals surface area contributed by atoms with Crippen LogP contribution in [0.4, 0.5) is 5.69 Å². The lowest BCUT2D eigenvalue weighted by Gasteiger charge is -2.25. The van der Waals surface area contributed by atoms with Gasteiger partial charge in [-0.15, -0.1) is 11.8 Å². The van der Waals surface area contributed by atoms with Crippen LogP contribution in [0.25, 0.3) is 0 Å². The van der Waals surface area contributed by atoms with Gasteiger partial charge in [0.15, 0.2) is 0 Å². The van der Waals surface area contributed by atoms with Gasteiger partial charge in [-0.2, -0.15) is 5.10 Å². The van der Waals surface area contributed by atoms with E-state index in [1.807, 2.05) is 44.4 Å². The Labute approximate surface area is 204 Å². The van der Waals surface area contributed by atoms with Crippen molar-refractivity contribution in [2.45, 2.75) is 23.6 Å². The van der Waals surface area contributed by atoms with Gasteiger partial charge in [-0.05, 0) is 62.1 Å². The monoisotopic (exact) mass is 497 g/mol. The molecule has 0 aliphatic rings. The van der Waals surface area contributed by atoms with Crippen LogP contribution in [0.3, 0.4) is 0 Å². The second-order valence-electron chi connectivity index (χ2n) is 7.29. The highest BCUT2D eigenvalue weighted by Gasteiger charge is 2.29. The summed E-state index contributed by atoms with van der Waals surface area (Å²) in [7, 11) is -4.05. The number of sulfonamides is 1. The van der Waals surface area contributed by atoms with Crippen LogP contribution < -0.4 is 14.5 Å². The summed E-state index contributed by atoms with van der Waals surface area (Å²) in [6, 6.07) is 20.9. The topological polar surface area (TPSA) is 88.1 Å². The van der Waals surface area contributed by atoms with E-state index in [0.29, 0.717) is 12.4 Å². The highest BCUT2D eigenvalue weighted by atomic mass is 32.2. The quantitative estimate of drug-likeness (QED) is 0.254. The summed E-state index contributed by atoms with van der Waals surface area (Å²) in [4.78, 5) is 13.9. The maximum Gasteiger partial charge on any atom is 0.264 e. The van der Waals surface area contributed by atoms with Crippen molar-refractivity contribution in [1.29, 1.82) is 0 Å². The number of carbonyl (C=O) groups is 1. The van der Waals surface area contributed by atoms with Crippen molar-refractivity contribution in [2.75, 3.05) is 23.7 Å². The van der Waals surface area contributed by atoms with E-state index >= 15 is 0 Å². The number of anilines is 1. The number of ether oxygens (including phenoxy) is 1. The minimum absolute atomic E-state index is 0.0783. The number of para-hydroxylation sites is 2. The van der Waals surface area contributed by atoms with Gasteiger partial charge >= 0.3 is 0 Å². The second kappa shape index (κ2) is 11.7. The normalized spacial score (nSPS) is 11.4. The lowest BCUT2D eigenvalue weighted by Crippen LogP contribution is -2.39. The van der Waals surface area contributed by atoms with Gasteiger partial charge < -0.3 is 4.74 Å². The van der Waals surface area contributed by atoms with E-state index in [2.05, 4.69) is 10.5 Å². The Kier molecular flexibility index (Phi) is 8.72. The van der Waals surface area contributed by atoms with Crippen LogP contribution in [-0.4, -0.2) is 39.9 Å². The lowest BCUT2D eigenvalue weighted by atomic mass is 10.2. The van der Waals surface area contributed by atoms with E-state index in [1.165, 1.54) is 18.3 Å². The fourth-order valence-electron chi connectivity index (χ4n) is 3.11. The predicted octanol–water partition coefficient (Wildman–Crippen LogP) is 4.46. The third-order valence-corrected chi connectivity index (χ3v) is 7.37. The molecule has 0 radical (unpaired) electrons. The molecule has 0 atom stereocenters. The highest BCUT2D eigenvalue weighted by molar-refractivity contribution is 7.98. The van der Waals surface area contributed by atoms with E-state index in [9.17, 15) is 13.2 Å². The molecule has 0 aliphatic heterocycles. The first-order valence-electron chi connectivity index (χ1n) is 10.6. The number of hydrogen-bond acceptors (Lipinski definition) is 6. The molecule has 0 saturated carbocycles. The van der Waals surface area contributed by atoms with Crippen LogP contribution in [0.5, 0.6) is 5.75 Å². The molecule has 0 bridgehead atoms. The van der Waals surface area contributed by atoms with Gasteiger partial charge in [-0.25, -0.2) is 13.8 Å². The van der Waals surface area contributed by atoms with Gasteiger partial charge in [0.05, 0.1) is 23.4 Å². The number of rotatable bonds is 10. The summed E-state index contributed by atoms with van der Waals surface area (Å²) in [6.07, 6.45) is 3.50. The highest BCUT2D eigenvalue weighted by Crippen LogP contribution is 2.32. The molecule has 0 aromatic heterocycles. The molecular weight excluding hydrogens is 470 g/mol. The number of hydrogen-bond donors (Lipinski definition) is 1. The predicted molar refractivity (Wildman–Crippen MR) is 137 cm³/mol. The summed E-state index contributed by atoms with van der Waals surface area (Å²) in [5.41, 5.74) is 4.43. The summed E-state index contributed by atoms with van der Waals surface area (Å²) in [5, 5.41) is 3.98. The van der Waals surface area contributed by atoms with Gasteiger partial charge in [0.25, 0.3) is 15.9 Å². The molecule has 1 amide bonds. The summed E-state index contributed by atoms with van der Waals surface area (Å²) < 4.78 is 33.8.